The maximum Gasteiger partial charge on any atom is 0.338 e. The van der Waals surface area contributed by atoms with Gasteiger partial charge in [-0.15, -0.1) is 0 Å². The maximum absolute atomic E-state index is 14.1. The second kappa shape index (κ2) is 6.32. The summed E-state index contributed by atoms with van der Waals surface area (Å²) >= 11 is 0. The Morgan fingerprint density at radius 3 is 2.96 bits per heavy atom. The van der Waals surface area contributed by atoms with E-state index in [1.165, 1.54) is 12.1 Å². The number of hydrogen-bond acceptors (Lipinski definition) is 5. The number of benzene rings is 1. The molecule has 1 unspecified atom stereocenters. The van der Waals surface area contributed by atoms with E-state index in [4.69, 9.17) is 15.2 Å². The molecule has 7 heteroatoms. The third kappa shape index (κ3) is 2.72. The molecule has 0 aliphatic carbocycles. The molecule has 0 saturated heterocycles. The van der Waals surface area contributed by atoms with Crippen LogP contribution in [0.15, 0.2) is 47.2 Å². The summed E-state index contributed by atoms with van der Waals surface area (Å²) in [5.41, 5.74) is 7.05. The van der Waals surface area contributed by atoms with Gasteiger partial charge in [-0.1, -0.05) is 0 Å². The predicted molar refractivity (Wildman–Crippen MR) is 88.2 cm³/mol. The summed E-state index contributed by atoms with van der Waals surface area (Å²) in [7, 11) is 0. The van der Waals surface area contributed by atoms with Crippen molar-refractivity contribution in [1.29, 1.82) is 5.26 Å². The van der Waals surface area contributed by atoms with Gasteiger partial charge in [0, 0.05) is 17.1 Å². The number of aromatic nitrogens is 1. The smallest absolute Gasteiger partial charge is 0.338 e. The number of hydrogen-bond donors (Lipinski definition) is 2. The summed E-state index contributed by atoms with van der Waals surface area (Å²) in [5, 5.41) is 10.2. The highest BCUT2D eigenvalue weighted by Gasteiger charge is 2.37. The second-order valence-electron chi connectivity index (χ2n) is 5.55. The van der Waals surface area contributed by atoms with Crippen molar-refractivity contribution in [3.05, 3.63) is 58.6 Å². The van der Waals surface area contributed by atoms with Crippen LogP contribution < -0.4 is 5.73 Å². The highest BCUT2D eigenvalue weighted by Crippen LogP contribution is 2.42. The van der Waals surface area contributed by atoms with Crippen molar-refractivity contribution in [3.8, 4) is 6.07 Å². The fraction of sp³-hybridized carbons (Fsp3) is 0.222. The molecule has 0 saturated carbocycles. The number of rotatable bonds is 3. The molecule has 1 aromatic heterocycles. The van der Waals surface area contributed by atoms with E-state index in [2.05, 4.69) is 4.98 Å². The first-order valence-corrected chi connectivity index (χ1v) is 7.69. The molecule has 0 amide bonds. The quantitative estimate of drug-likeness (QED) is 0.836. The molecule has 0 fully saturated rings. The Bertz CT molecular complexity index is 966. The fourth-order valence-electron chi connectivity index (χ4n) is 3.06. The first kappa shape index (κ1) is 16.6. The van der Waals surface area contributed by atoms with Crippen LogP contribution in [0.25, 0.3) is 10.9 Å². The average molecular weight is 341 g/mol. The molecular formula is C18H16FN3O3. The molecule has 6 nitrogen and oxygen atoms in total. The van der Waals surface area contributed by atoms with Crippen LogP contribution >= 0.6 is 0 Å². The molecule has 1 aliphatic heterocycles. The Morgan fingerprint density at radius 2 is 2.28 bits per heavy atom. The number of allylic oxidation sites excluding steroid dienone is 2. The van der Waals surface area contributed by atoms with Gasteiger partial charge in [0.05, 0.1) is 18.1 Å². The second-order valence-corrected chi connectivity index (χ2v) is 5.55. The van der Waals surface area contributed by atoms with E-state index in [-0.39, 0.29) is 29.4 Å². The maximum atomic E-state index is 14.1. The Morgan fingerprint density at radius 1 is 1.52 bits per heavy atom. The van der Waals surface area contributed by atoms with E-state index >= 15 is 0 Å². The van der Waals surface area contributed by atoms with Gasteiger partial charge in [0.2, 0.25) is 5.88 Å². The Hall–Kier alpha value is -3.27. The third-order valence-corrected chi connectivity index (χ3v) is 4.07. The number of fused-ring (bicyclic) bond motifs is 1. The minimum absolute atomic E-state index is 0.0372. The van der Waals surface area contributed by atoms with Crippen LogP contribution in [-0.4, -0.2) is 17.6 Å². The summed E-state index contributed by atoms with van der Waals surface area (Å²) in [6.45, 7) is 3.39. The number of carbonyl (C=O) groups is 1. The van der Waals surface area contributed by atoms with E-state index in [9.17, 15) is 14.4 Å². The Balaban J connectivity index is 2.29. The predicted octanol–water partition coefficient (Wildman–Crippen LogP) is 2.95. The number of nitriles is 1. The van der Waals surface area contributed by atoms with E-state index in [1.807, 2.05) is 6.07 Å². The number of ether oxygens (including phenoxy) is 2. The summed E-state index contributed by atoms with van der Waals surface area (Å²) < 4.78 is 24.6. The lowest BCUT2D eigenvalue weighted by molar-refractivity contribution is -0.139. The Kier molecular flexibility index (Phi) is 4.19. The number of carbonyl (C=O) groups excluding carboxylic acids is 1. The molecule has 1 atom stereocenters. The zero-order valence-corrected chi connectivity index (χ0v) is 13.7. The van der Waals surface area contributed by atoms with Crippen LogP contribution in [0.1, 0.15) is 25.3 Å². The van der Waals surface area contributed by atoms with Crippen LogP contribution in [0.3, 0.4) is 0 Å². The van der Waals surface area contributed by atoms with E-state index in [0.29, 0.717) is 16.5 Å². The fourth-order valence-corrected chi connectivity index (χ4v) is 3.06. The van der Waals surface area contributed by atoms with Crippen LogP contribution in [0.4, 0.5) is 4.39 Å². The van der Waals surface area contributed by atoms with Gasteiger partial charge in [0.1, 0.15) is 23.2 Å². The van der Waals surface area contributed by atoms with Crippen LogP contribution in [0.2, 0.25) is 0 Å². The van der Waals surface area contributed by atoms with Gasteiger partial charge in [0.15, 0.2) is 0 Å². The van der Waals surface area contributed by atoms with Crippen molar-refractivity contribution >= 4 is 16.9 Å². The monoisotopic (exact) mass is 341 g/mol. The van der Waals surface area contributed by atoms with Crippen LogP contribution in [0, 0.1) is 17.1 Å². The molecule has 1 aliphatic rings. The third-order valence-electron chi connectivity index (χ3n) is 4.07. The summed E-state index contributed by atoms with van der Waals surface area (Å²) in [5.74, 6) is -1.87. The molecule has 2 heterocycles. The average Bonchev–Trinajstić information content (AvgIpc) is 3.01. The number of nitrogens with zero attached hydrogens (tertiary/aromatic N) is 1. The summed E-state index contributed by atoms with van der Waals surface area (Å²) in [4.78, 5) is 15.5. The largest absolute Gasteiger partial charge is 0.463 e. The topological polar surface area (TPSA) is 101 Å². The van der Waals surface area contributed by atoms with Crippen molar-refractivity contribution in [3.63, 3.8) is 0 Å². The van der Waals surface area contributed by atoms with Crippen molar-refractivity contribution in [1.82, 2.24) is 4.98 Å². The van der Waals surface area contributed by atoms with Crippen molar-refractivity contribution < 1.29 is 18.7 Å². The van der Waals surface area contributed by atoms with Gasteiger partial charge in [-0.3, -0.25) is 0 Å². The highest BCUT2D eigenvalue weighted by atomic mass is 19.1. The number of esters is 1. The van der Waals surface area contributed by atoms with Gasteiger partial charge in [-0.25, -0.2) is 9.18 Å². The molecule has 128 valence electrons. The first-order valence-electron chi connectivity index (χ1n) is 7.69. The SMILES string of the molecule is CCOC(=O)C1=C(C)OC(N)=C(C#N)C1c1cc(F)cc2cc[nH]c12. The first-order chi connectivity index (χ1) is 12.0. The van der Waals surface area contributed by atoms with E-state index < -0.39 is 17.7 Å². The van der Waals surface area contributed by atoms with Gasteiger partial charge in [0.25, 0.3) is 0 Å². The molecule has 2 aromatic rings. The zero-order chi connectivity index (χ0) is 18.1. The van der Waals surface area contributed by atoms with Gasteiger partial charge in [-0.2, -0.15) is 5.26 Å². The summed E-state index contributed by atoms with van der Waals surface area (Å²) in [6.07, 6.45) is 1.66. The number of nitrogens with one attached hydrogen (secondary N) is 1. The van der Waals surface area contributed by atoms with Crippen molar-refractivity contribution in [2.24, 2.45) is 5.73 Å². The number of aromatic amines is 1. The lowest BCUT2D eigenvalue weighted by atomic mass is 9.82. The molecule has 0 spiro atoms. The molecule has 0 radical (unpaired) electrons. The molecule has 1 aromatic carbocycles. The minimum Gasteiger partial charge on any atom is -0.463 e. The van der Waals surface area contributed by atoms with Gasteiger partial charge in [-0.05, 0) is 37.6 Å². The Labute approximate surface area is 143 Å². The molecule has 3 N–H and O–H groups in total. The lowest BCUT2D eigenvalue weighted by Gasteiger charge is -2.27. The zero-order valence-electron chi connectivity index (χ0n) is 13.7. The normalized spacial score (nSPS) is 17.4. The molecule has 25 heavy (non-hydrogen) atoms. The number of halogens is 1. The molecular weight excluding hydrogens is 325 g/mol. The molecule has 3 rings (SSSR count). The van der Waals surface area contributed by atoms with Gasteiger partial charge < -0.3 is 20.2 Å². The lowest BCUT2D eigenvalue weighted by Crippen LogP contribution is -2.25. The standard InChI is InChI=1S/C18H16FN3O3/c1-3-24-18(23)14-9(2)25-17(21)13(8-20)15(14)12-7-11(19)6-10-4-5-22-16(10)12/h4-7,15,22H,3,21H2,1-2H3. The number of H-pyrrole nitrogens is 1. The van der Waals surface area contributed by atoms with Crippen molar-refractivity contribution in [2.45, 2.75) is 19.8 Å². The van der Waals surface area contributed by atoms with E-state index in [1.54, 1.807) is 26.1 Å². The van der Waals surface area contributed by atoms with Crippen LogP contribution in [0.5, 0.6) is 0 Å². The highest BCUT2D eigenvalue weighted by molar-refractivity contribution is 5.95. The van der Waals surface area contributed by atoms with Crippen molar-refractivity contribution in [2.75, 3.05) is 6.61 Å². The van der Waals surface area contributed by atoms with Gasteiger partial charge >= 0.3 is 5.97 Å². The van der Waals surface area contributed by atoms with E-state index in [0.717, 1.165) is 0 Å². The van der Waals surface area contributed by atoms with Crippen LogP contribution in [-0.2, 0) is 14.3 Å². The minimum atomic E-state index is -0.880. The number of nitrogens with two attached hydrogens (primary N) is 1. The summed E-state index contributed by atoms with van der Waals surface area (Å²) in [6, 6.07) is 6.34. The molecule has 0 bridgehead atoms.